The van der Waals surface area contributed by atoms with Crippen molar-refractivity contribution < 1.29 is 14.3 Å². The van der Waals surface area contributed by atoms with Crippen molar-refractivity contribution in [1.82, 2.24) is 0 Å². The van der Waals surface area contributed by atoms with Crippen molar-refractivity contribution in [1.29, 1.82) is 0 Å². The minimum absolute atomic E-state index is 0.166. The number of halogens is 1. The third-order valence-corrected chi connectivity index (χ3v) is 4.37. The zero-order valence-corrected chi connectivity index (χ0v) is 12.3. The highest BCUT2D eigenvalue weighted by atomic mass is 35.5. The zero-order chi connectivity index (χ0) is 13.8. The van der Waals surface area contributed by atoms with Gasteiger partial charge in [0.05, 0.1) is 12.2 Å². The summed E-state index contributed by atoms with van der Waals surface area (Å²) in [4.78, 5) is 24.8. The largest absolute Gasteiger partial charge is 0.462 e. The first-order valence-electron chi connectivity index (χ1n) is 6.34. The molecule has 4 nitrogen and oxygen atoms in total. The first-order valence-corrected chi connectivity index (χ1v) is 7.70. The minimum Gasteiger partial charge on any atom is -0.462 e. The first-order chi connectivity index (χ1) is 9.17. The topological polar surface area (TPSA) is 55.4 Å². The van der Waals surface area contributed by atoms with Gasteiger partial charge in [-0.3, -0.25) is 4.79 Å². The number of carbonyl (C=O) groups excluding carboxylic acids is 2. The van der Waals surface area contributed by atoms with Crippen LogP contribution >= 0.6 is 22.9 Å². The molecule has 6 heteroatoms. The normalized spacial score (nSPS) is 13.2. The lowest BCUT2D eigenvalue weighted by Gasteiger charge is -2.07. The molecule has 0 aliphatic heterocycles. The van der Waals surface area contributed by atoms with Gasteiger partial charge in [-0.05, 0) is 31.7 Å². The van der Waals surface area contributed by atoms with Gasteiger partial charge in [-0.15, -0.1) is 22.9 Å². The fourth-order valence-electron chi connectivity index (χ4n) is 2.19. The van der Waals surface area contributed by atoms with Gasteiger partial charge in [0, 0.05) is 17.2 Å². The second-order valence-electron chi connectivity index (χ2n) is 4.27. The number of ether oxygens (including phenoxy) is 1. The van der Waals surface area contributed by atoms with E-state index in [-0.39, 0.29) is 24.2 Å². The van der Waals surface area contributed by atoms with Crippen LogP contribution in [-0.2, 0) is 22.4 Å². The Bertz CT molecular complexity index is 498. The van der Waals surface area contributed by atoms with E-state index < -0.39 is 0 Å². The smallest absolute Gasteiger partial charge is 0.341 e. The van der Waals surface area contributed by atoms with Crippen LogP contribution in [0.25, 0.3) is 0 Å². The van der Waals surface area contributed by atoms with E-state index in [0.717, 1.165) is 24.8 Å². The van der Waals surface area contributed by atoms with Crippen molar-refractivity contribution in [3.05, 3.63) is 16.0 Å². The van der Waals surface area contributed by atoms with Gasteiger partial charge in [-0.25, -0.2) is 4.79 Å². The lowest BCUT2D eigenvalue weighted by atomic mass is 10.1. The number of nitrogens with one attached hydrogen (secondary N) is 1. The highest BCUT2D eigenvalue weighted by Crippen LogP contribution is 2.39. The molecule has 0 aromatic carbocycles. The van der Waals surface area contributed by atoms with Crippen molar-refractivity contribution in [2.75, 3.05) is 17.8 Å². The number of alkyl halides is 1. The Kier molecular flexibility index (Phi) is 4.82. The zero-order valence-electron chi connectivity index (χ0n) is 10.8. The summed E-state index contributed by atoms with van der Waals surface area (Å²) >= 11 is 7.02. The average Bonchev–Trinajstić information content (AvgIpc) is 2.89. The Hall–Kier alpha value is -1.07. The summed E-state index contributed by atoms with van der Waals surface area (Å²) in [5.74, 6) is -0.241. The molecule has 1 N–H and O–H groups in total. The monoisotopic (exact) mass is 301 g/mol. The highest BCUT2D eigenvalue weighted by molar-refractivity contribution is 7.17. The molecule has 104 valence electrons. The second-order valence-corrected chi connectivity index (χ2v) is 5.75. The second kappa shape index (κ2) is 6.39. The van der Waals surface area contributed by atoms with Crippen LogP contribution in [0.4, 0.5) is 5.00 Å². The number of anilines is 1. The molecule has 0 saturated heterocycles. The number of fused-ring (bicyclic) bond motifs is 1. The molecular formula is C13H16ClNO3S. The third-order valence-electron chi connectivity index (χ3n) is 2.98. The number of esters is 1. The number of rotatable bonds is 5. The minimum atomic E-state index is -0.344. The summed E-state index contributed by atoms with van der Waals surface area (Å²) in [5.41, 5.74) is 1.59. The summed E-state index contributed by atoms with van der Waals surface area (Å²) < 4.78 is 5.08. The van der Waals surface area contributed by atoms with Gasteiger partial charge in [-0.2, -0.15) is 0 Å². The van der Waals surface area contributed by atoms with Gasteiger partial charge in [-0.1, -0.05) is 0 Å². The number of hydrogen-bond donors (Lipinski definition) is 1. The molecule has 1 aromatic rings. The molecule has 0 saturated carbocycles. The van der Waals surface area contributed by atoms with Crippen molar-refractivity contribution in [3.8, 4) is 0 Å². The maximum absolute atomic E-state index is 12.0. The third kappa shape index (κ3) is 3.09. The molecule has 1 aliphatic rings. The number of hydrogen-bond acceptors (Lipinski definition) is 4. The van der Waals surface area contributed by atoms with Crippen LogP contribution in [0, 0.1) is 0 Å². The van der Waals surface area contributed by atoms with Crippen LogP contribution in [0.2, 0.25) is 0 Å². The molecule has 0 fully saturated rings. The van der Waals surface area contributed by atoms with E-state index in [2.05, 4.69) is 5.32 Å². The van der Waals surface area contributed by atoms with Crippen molar-refractivity contribution in [2.45, 2.75) is 32.6 Å². The summed E-state index contributed by atoms with van der Waals surface area (Å²) in [7, 11) is 0. The van der Waals surface area contributed by atoms with Gasteiger partial charge < -0.3 is 10.1 Å². The molecule has 1 amide bonds. The van der Waals surface area contributed by atoms with Crippen molar-refractivity contribution in [3.63, 3.8) is 0 Å². The van der Waals surface area contributed by atoms with E-state index in [1.807, 2.05) is 0 Å². The van der Waals surface area contributed by atoms with Crippen LogP contribution in [0.15, 0.2) is 0 Å². The van der Waals surface area contributed by atoms with E-state index in [0.29, 0.717) is 17.2 Å². The van der Waals surface area contributed by atoms with Crippen LogP contribution in [0.1, 0.15) is 40.6 Å². The fraction of sp³-hybridized carbons (Fsp3) is 0.538. The summed E-state index contributed by atoms with van der Waals surface area (Å²) in [6, 6.07) is 0. The maximum atomic E-state index is 12.0. The fourth-order valence-corrected chi connectivity index (χ4v) is 3.65. The number of thiophene rings is 1. The van der Waals surface area contributed by atoms with Gasteiger partial charge >= 0.3 is 5.97 Å². The predicted octanol–water partition coefficient (Wildman–Crippen LogP) is 2.98. The molecule has 1 aromatic heterocycles. The molecule has 19 heavy (non-hydrogen) atoms. The molecule has 0 atom stereocenters. The first kappa shape index (κ1) is 14.3. The van der Waals surface area contributed by atoms with Crippen molar-refractivity contribution in [2.24, 2.45) is 0 Å². The lowest BCUT2D eigenvalue weighted by Crippen LogP contribution is -2.15. The Morgan fingerprint density at radius 2 is 2.21 bits per heavy atom. The summed E-state index contributed by atoms with van der Waals surface area (Å²) in [5, 5.41) is 3.38. The van der Waals surface area contributed by atoms with Gasteiger partial charge in [0.15, 0.2) is 0 Å². The Morgan fingerprint density at radius 1 is 1.42 bits per heavy atom. The van der Waals surface area contributed by atoms with Gasteiger partial charge in [0.25, 0.3) is 0 Å². The Morgan fingerprint density at radius 3 is 2.89 bits per heavy atom. The van der Waals surface area contributed by atoms with Crippen LogP contribution in [0.5, 0.6) is 0 Å². The molecule has 1 aliphatic carbocycles. The maximum Gasteiger partial charge on any atom is 0.341 e. The van der Waals surface area contributed by atoms with Crippen LogP contribution in [0.3, 0.4) is 0 Å². The molecular weight excluding hydrogens is 286 g/mol. The van der Waals surface area contributed by atoms with E-state index >= 15 is 0 Å². The summed E-state index contributed by atoms with van der Waals surface area (Å²) in [6.07, 6.45) is 3.15. The highest BCUT2D eigenvalue weighted by Gasteiger charge is 2.28. The van der Waals surface area contributed by atoms with E-state index in [9.17, 15) is 9.59 Å². The molecule has 2 rings (SSSR count). The molecule has 0 unspecified atom stereocenters. The van der Waals surface area contributed by atoms with E-state index in [1.165, 1.54) is 16.2 Å². The van der Waals surface area contributed by atoms with E-state index in [1.54, 1.807) is 6.92 Å². The molecule has 0 radical (unpaired) electrons. The quantitative estimate of drug-likeness (QED) is 0.672. The SMILES string of the molecule is CCOC(=O)c1c(NC(=O)CCCl)sc2c1CCC2. The average molecular weight is 302 g/mol. The number of amides is 1. The lowest BCUT2D eigenvalue weighted by molar-refractivity contribution is -0.115. The molecule has 0 bridgehead atoms. The van der Waals surface area contributed by atoms with E-state index in [4.69, 9.17) is 16.3 Å². The Balaban J connectivity index is 2.27. The summed E-state index contributed by atoms with van der Waals surface area (Å²) in [6.45, 7) is 2.11. The Labute approximate surface area is 121 Å². The van der Waals surface area contributed by atoms with Gasteiger partial charge in [0.2, 0.25) is 5.91 Å². The standard InChI is InChI=1S/C13H16ClNO3S/c1-2-18-13(17)11-8-4-3-5-9(8)19-12(11)15-10(16)6-7-14/h2-7H2,1H3,(H,15,16). The van der Waals surface area contributed by atoms with Crippen LogP contribution < -0.4 is 5.32 Å². The number of aryl methyl sites for hydroxylation is 1. The predicted molar refractivity (Wildman–Crippen MR) is 76.3 cm³/mol. The van der Waals surface area contributed by atoms with Gasteiger partial charge in [0.1, 0.15) is 5.00 Å². The van der Waals surface area contributed by atoms with Crippen LogP contribution in [-0.4, -0.2) is 24.4 Å². The molecule has 1 heterocycles. The number of carbonyl (C=O) groups is 2. The molecule has 0 spiro atoms. The van der Waals surface area contributed by atoms with Crippen molar-refractivity contribution >= 4 is 39.8 Å².